The van der Waals surface area contributed by atoms with Gasteiger partial charge in [-0.3, -0.25) is 0 Å². The summed E-state index contributed by atoms with van der Waals surface area (Å²) in [6.07, 6.45) is 2.26. The largest absolute Gasteiger partial charge is 0.462 e. The molecule has 0 radical (unpaired) electrons. The van der Waals surface area contributed by atoms with Crippen LogP contribution >= 0.6 is 0 Å². The summed E-state index contributed by atoms with van der Waals surface area (Å²) in [5, 5.41) is 4.10. The van der Waals surface area contributed by atoms with E-state index in [4.69, 9.17) is 4.74 Å². The summed E-state index contributed by atoms with van der Waals surface area (Å²) in [6, 6.07) is 7.54. The minimum absolute atomic E-state index is 0.146. The summed E-state index contributed by atoms with van der Waals surface area (Å²) in [5.74, 6) is -0.370. The number of esters is 1. The number of nitrogens with zero attached hydrogens (tertiary/aromatic N) is 4. The smallest absolute Gasteiger partial charge is 0.343 e. The first kappa shape index (κ1) is 17.4. The molecule has 0 saturated carbocycles. The minimum atomic E-state index is -1.05. The molecule has 2 unspecified atom stereocenters. The van der Waals surface area contributed by atoms with E-state index < -0.39 is 12.1 Å². The zero-order valence-electron chi connectivity index (χ0n) is 14.7. The average Bonchev–Trinajstić information content (AvgIpc) is 3.25. The third kappa shape index (κ3) is 3.22. The molecule has 140 valence electrons. The predicted octanol–water partition coefficient (Wildman–Crippen LogP) is 3.33. The number of halogens is 2. The fourth-order valence-corrected chi connectivity index (χ4v) is 3.44. The predicted molar refractivity (Wildman–Crippen MR) is 94.9 cm³/mol. The highest BCUT2D eigenvalue weighted by Crippen LogP contribution is 2.37. The molecule has 6 nitrogen and oxygen atoms in total. The lowest BCUT2D eigenvalue weighted by Crippen LogP contribution is -2.25. The van der Waals surface area contributed by atoms with Crippen LogP contribution in [0.4, 0.5) is 14.6 Å². The van der Waals surface area contributed by atoms with Gasteiger partial charge in [0, 0.05) is 12.6 Å². The quantitative estimate of drug-likeness (QED) is 0.658. The molecule has 3 heterocycles. The lowest BCUT2D eigenvalue weighted by molar-refractivity contribution is 0.0528. The van der Waals surface area contributed by atoms with Crippen LogP contribution in [0.15, 0.2) is 42.7 Å². The van der Waals surface area contributed by atoms with Gasteiger partial charge < -0.3 is 9.64 Å². The van der Waals surface area contributed by atoms with Gasteiger partial charge in [0.15, 0.2) is 5.65 Å². The number of benzene rings is 1. The molecule has 27 heavy (non-hydrogen) atoms. The summed E-state index contributed by atoms with van der Waals surface area (Å²) in [6.45, 7) is 2.11. The first-order valence-electron chi connectivity index (χ1n) is 8.74. The Balaban J connectivity index is 1.73. The maximum atomic E-state index is 14.2. The molecular weight excluding hydrogens is 354 g/mol. The van der Waals surface area contributed by atoms with Crippen LogP contribution in [-0.2, 0) is 4.74 Å². The molecule has 1 aromatic carbocycles. The second kappa shape index (κ2) is 6.94. The molecule has 0 amide bonds. The van der Waals surface area contributed by atoms with E-state index in [1.165, 1.54) is 22.8 Å². The first-order chi connectivity index (χ1) is 13.1. The highest BCUT2D eigenvalue weighted by molar-refractivity contribution is 5.95. The molecule has 4 rings (SSSR count). The van der Waals surface area contributed by atoms with Crippen molar-refractivity contribution >= 4 is 17.4 Å². The number of carbonyl (C=O) groups is 1. The van der Waals surface area contributed by atoms with Gasteiger partial charge in [0.2, 0.25) is 0 Å². The van der Waals surface area contributed by atoms with E-state index in [0.29, 0.717) is 17.0 Å². The molecule has 2 aromatic heterocycles. The van der Waals surface area contributed by atoms with Gasteiger partial charge in [0.25, 0.3) is 0 Å². The summed E-state index contributed by atoms with van der Waals surface area (Å²) in [4.78, 5) is 18.4. The van der Waals surface area contributed by atoms with Crippen molar-refractivity contribution in [2.45, 2.75) is 25.6 Å². The van der Waals surface area contributed by atoms with Gasteiger partial charge >= 0.3 is 5.97 Å². The van der Waals surface area contributed by atoms with Crippen LogP contribution in [-0.4, -0.2) is 39.9 Å². The second-order valence-electron chi connectivity index (χ2n) is 6.39. The van der Waals surface area contributed by atoms with E-state index in [1.807, 2.05) is 0 Å². The van der Waals surface area contributed by atoms with Gasteiger partial charge in [-0.1, -0.05) is 12.1 Å². The Kier molecular flexibility index (Phi) is 4.47. The molecule has 2 atom stereocenters. The maximum Gasteiger partial charge on any atom is 0.343 e. The van der Waals surface area contributed by atoms with E-state index in [1.54, 1.807) is 36.2 Å². The van der Waals surface area contributed by atoms with Crippen molar-refractivity contribution in [2.24, 2.45) is 0 Å². The summed E-state index contributed by atoms with van der Waals surface area (Å²) < 4.78 is 34.3. The Morgan fingerprint density at radius 3 is 3.00 bits per heavy atom. The monoisotopic (exact) mass is 372 g/mol. The summed E-state index contributed by atoms with van der Waals surface area (Å²) >= 11 is 0. The molecule has 8 heteroatoms. The van der Waals surface area contributed by atoms with Crippen molar-refractivity contribution in [1.29, 1.82) is 0 Å². The molecule has 1 saturated heterocycles. The number of carbonyl (C=O) groups excluding carboxylic acids is 1. The molecule has 0 spiro atoms. The number of hydrogen-bond acceptors (Lipinski definition) is 5. The number of alkyl halides is 1. The fraction of sp³-hybridized carbons (Fsp3) is 0.316. The van der Waals surface area contributed by atoms with Crippen molar-refractivity contribution in [2.75, 3.05) is 18.1 Å². The number of ether oxygens (including phenoxy) is 1. The second-order valence-corrected chi connectivity index (χ2v) is 6.39. The van der Waals surface area contributed by atoms with Crippen molar-refractivity contribution in [3.63, 3.8) is 0 Å². The number of anilines is 1. The van der Waals surface area contributed by atoms with Gasteiger partial charge in [0.05, 0.1) is 25.4 Å². The fourth-order valence-electron chi connectivity index (χ4n) is 3.44. The van der Waals surface area contributed by atoms with Crippen LogP contribution in [0.3, 0.4) is 0 Å². The Labute approximate surface area is 154 Å². The van der Waals surface area contributed by atoms with E-state index in [-0.39, 0.29) is 37.0 Å². The summed E-state index contributed by atoms with van der Waals surface area (Å²) in [7, 11) is 0. The van der Waals surface area contributed by atoms with Crippen molar-refractivity contribution in [1.82, 2.24) is 14.6 Å². The van der Waals surface area contributed by atoms with Crippen LogP contribution in [0.1, 0.15) is 35.3 Å². The first-order valence-corrected chi connectivity index (χ1v) is 8.74. The SMILES string of the molecule is CCOC(=O)c1cnn2ccc(N3CC(F)CC3c3cccc(F)c3)nc12. The molecule has 0 N–H and O–H groups in total. The average molecular weight is 372 g/mol. The van der Waals surface area contributed by atoms with E-state index in [0.717, 1.165) is 0 Å². The molecule has 1 aliphatic heterocycles. The number of hydrogen-bond donors (Lipinski definition) is 0. The third-order valence-corrected chi connectivity index (χ3v) is 4.63. The topological polar surface area (TPSA) is 59.7 Å². The van der Waals surface area contributed by atoms with Crippen LogP contribution in [0.5, 0.6) is 0 Å². The van der Waals surface area contributed by atoms with Crippen LogP contribution < -0.4 is 4.90 Å². The van der Waals surface area contributed by atoms with E-state index >= 15 is 0 Å². The lowest BCUT2D eigenvalue weighted by Gasteiger charge is -2.25. The Hall–Kier alpha value is -3.03. The number of aromatic nitrogens is 3. The zero-order valence-corrected chi connectivity index (χ0v) is 14.7. The third-order valence-electron chi connectivity index (χ3n) is 4.63. The standard InChI is InChI=1S/C19H18F2N4O2/c1-2-27-19(26)15-10-22-25-7-6-17(23-18(15)25)24-11-14(21)9-16(24)12-4-3-5-13(20)8-12/h3-8,10,14,16H,2,9,11H2,1H3. The number of fused-ring (bicyclic) bond motifs is 1. The van der Waals surface area contributed by atoms with Crippen LogP contribution in [0.25, 0.3) is 5.65 Å². The normalized spacial score (nSPS) is 19.6. The number of rotatable bonds is 4. The molecule has 1 aliphatic rings. The molecule has 1 fully saturated rings. The van der Waals surface area contributed by atoms with Crippen molar-refractivity contribution < 1.29 is 18.3 Å². The van der Waals surface area contributed by atoms with Crippen LogP contribution in [0.2, 0.25) is 0 Å². The van der Waals surface area contributed by atoms with Crippen LogP contribution in [0, 0.1) is 5.82 Å². The summed E-state index contributed by atoms with van der Waals surface area (Å²) in [5.41, 5.74) is 1.28. The van der Waals surface area contributed by atoms with Gasteiger partial charge in [-0.15, -0.1) is 0 Å². The highest BCUT2D eigenvalue weighted by Gasteiger charge is 2.34. The molecule has 3 aromatic rings. The molecule has 0 bridgehead atoms. The minimum Gasteiger partial charge on any atom is -0.462 e. The van der Waals surface area contributed by atoms with Crippen molar-refractivity contribution in [3.05, 3.63) is 59.7 Å². The van der Waals surface area contributed by atoms with Gasteiger partial charge in [0.1, 0.15) is 23.4 Å². The highest BCUT2D eigenvalue weighted by atomic mass is 19.1. The Morgan fingerprint density at radius 1 is 1.37 bits per heavy atom. The maximum absolute atomic E-state index is 14.2. The Bertz CT molecular complexity index is 991. The van der Waals surface area contributed by atoms with Gasteiger partial charge in [-0.2, -0.15) is 5.10 Å². The Morgan fingerprint density at radius 2 is 2.22 bits per heavy atom. The lowest BCUT2D eigenvalue weighted by atomic mass is 10.0. The van der Waals surface area contributed by atoms with Gasteiger partial charge in [-0.05, 0) is 30.7 Å². The van der Waals surface area contributed by atoms with E-state index in [2.05, 4.69) is 10.1 Å². The van der Waals surface area contributed by atoms with Crippen molar-refractivity contribution in [3.8, 4) is 0 Å². The molecular formula is C19H18F2N4O2. The van der Waals surface area contributed by atoms with Gasteiger partial charge in [-0.25, -0.2) is 23.1 Å². The zero-order chi connectivity index (χ0) is 19.0. The van der Waals surface area contributed by atoms with E-state index in [9.17, 15) is 13.6 Å². The molecule has 0 aliphatic carbocycles.